The fourth-order valence-electron chi connectivity index (χ4n) is 1.33. The number of rotatable bonds is 3. The zero-order valence-corrected chi connectivity index (χ0v) is 8.45. The first kappa shape index (κ1) is 8.90. The summed E-state index contributed by atoms with van der Waals surface area (Å²) >= 11 is 1.59. The Morgan fingerprint density at radius 1 is 1.62 bits per heavy atom. The standard InChI is InChI=1S/C8H8O3S2/c9-5-11-2-7-1-6-3-13(10)4-8(6)12-7/h1,5H,2-4H2. The molecule has 1 atom stereocenters. The van der Waals surface area contributed by atoms with E-state index in [1.807, 2.05) is 6.07 Å². The van der Waals surface area contributed by atoms with Crippen LogP contribution in [0.25, 0.3) is 0 Å². The van der Waals surface area contributed by atoms with Gasteiger partial charge in [-0.1, -0.05) is 0 Å². The average molecular weight is 216 g/mol. The van der Waals surface area contributed by atoms with E-state index in [9.17, 15) is 9.00 Å². The van der Waals surface area contributed by atoms with Crippen LogP contribution in [0.4, 0.5) is 0 Å². The zero-order chi connectivity index (χ0) is 9.26. The number of carbonyl (C=O) groups is 1. The Morgan fingerprint density at radius 2 is 2.46 bits per heavy atom. The predicted molar refractivity (Wildman–Crippen MR) is 50.7 cm³/mol. The molecule has 1 aliphatic rings. The molecule has 0 aliphatic carbocycles. The van der Waals surface area contributed by atoms with Gasteiger partial charge < -0.3 is 4.74 Å². The van der Waals surface area contributed by atoms with Crippen LogP contribution in [0.5, 0.6) is 0 Å². The smallest absolute Gasteiger partial charge is 0.293 e. The summed E-state index contributed by atoms with van der Waals surface area (Å²) in [5, 5.41) is 0. The third-order valence-electron chi connectivity index (χ3n) is 1.85. The van der Waals surface area contributed by atoms with Crippen molar-refractivity contribution in [1.29, 1.82) is 0 Å². The number of ether oxygens (including phenoxy) is 1. The molecule has 2 heterocycles. The molecule has 5 heteroatoms. The summed E-state index contributed by atoms with van der Waals surface area (Å²) in [5.41, 5.74) is 1.16. The maximum absolute atomic E-state index is 11.1. The first-order valence-electron chi connectivity index (χ1n) is 3.80. The molecule has 0 fully saturated rings. The van der Waals surface area contributed by atoms with Gasteiger partial charge in [-0.3, -0.25) is 9.00 Å². The third kappa shape index (κ3) is 1.81. The SMILES string of the molecule is O=COCc1cc2c(s1)CS(=O)C2. The molecule has 0 N–H and O–H groups in total. The molecular weight excluding hydrogens is 208 g/mol. The Balaban J connectivity index is 2.12. The van der Waals surface area contributed by atoms with E-state index in [1.54, 1.807) is 11.3 Å². The van der Waals surface area contributed by atoms with Crippen molar-refractivity contribution in [3.8, 4) is 0 Å². The molecule has 0 radical (unpaired) electrons. The lowest BCUT2D eigenvalue weighted by molar-refractivity contribution is -0.129. The molecule has 0 spiro atoms. The quantitative estimate of drug-likeness (QED) is 0.713. The molecule has 1 aromatic heterocycles. The van der Waals surface area contributed by atoms with Crippen LogP contribution in [0.2, 0.25) is 0 Å². The third-order valence-corrected chi connectivity index (χ3v) is 4.43. The molecule has 2 rings (SSSR count). The Kier molecular flexibility index (Phi) is 2.46. The van der Waals surface area contributed by atoms with Gasteiger partial charge in [0.15, 0.2) is 0 Å². The Labute approximate surface area is 82.2 Å². The van der Waals surface area contributed by atoms with Gasteiger partial charge in [-0.05, 0) is 11.6 Å². The fourth-order valence-corrected chi connectivity index (χ4v) is 4.14. The lowest BCUT2D eigenvalue weighted by Gasteiger charge is -1.93. The summed E-state index contributed by atoms with van der Waals surface area (Å²) in [5.74, 6) is 1.33. The predicted octanol–water partition coefficient (Wildman–Crippen LogP) is 1.18. The van der Waals surface area contributed by atoms with E-state index in [0.29, 0.717) is 24.6 Å². The Morgan fingerprint density at radius 3 is 3.15 bits per heavy atom. The van der Waals surface area contributed by atoms with Gasteiger partial charge in [-0.2, -0.15) is 0 Å². The van der Waals surface area contributed by atoms with Crippen LogP contribution < -0.4 is 0 Å². The van der Waals surface area contributed by atoms with Gasteiger partial charge in [-0.15, -0.1) is 11.3 Å². The molecule has 1 aliphatic heterocycles. The van der Waals surface area contributed by atoms with Crippen LogP contribution >= 0.6 is 11.3 Å². The van der Waals surface area contributed by atoms with Crippen molar-refractivity contribution in [2.45, 2.75) is 18.1 Å². The molecule has 0 saturated heterocycles. The van der Waals surface area contributed by atoms with E-state index < -0.39 is 10.8 Å². The molecule has 0 bridgehead atoms. The summed E-state index contributed by atoms with van der Waals surface area (Å²) < 4.78 is 15.8. The van der Waals surface area contributed by atoms with Gasteiger partial charge in [0.1, 0.15) is 6.61 Å². The van der Waals surface area contributed by atoms with E-state index in [2.05, 4.69) is 4.74 Å². The van der Waals surface area contributed by atoms with Crippen molar-refractivity contribution >= 4 is 28.6 Å². The maximum Gasteiger partial charge on any atom is 0.293 e. The number of hydrogen-bond acceptors (Lipinski definition) is 4. The zero-order valence-electron chi connectivity index (χ0n) is 6.82. The van der Waals surface area contributed by atoms with Gasteiger partial charge in [0.2, 0.25) is 0 Å². The number of thiophene rings is 1. The second kappa shape index (κ2) is 3.59. The van der Waals surface area contributed by atoms with Gasteiger partial charge in [0.25, 0.3) is 6.47 Å². The van der Waals surface area contributed by atoms with Crippen molar-refractivity contribution in [2.24, 2.45) is 0 Å². The molecule has 13 heavy (non-hydrogen) atoms. The van der Waals surface area contributed by atoms with E-state index in [0.717, 1.165) is 10.4 Å². The second-order valence-corrected chi connectivity index (χ2v) is 5.48. The van der Waals surface area contributed by atoms with E-state index in [-0.39, 0.29) is 0 Å². The highest BCUT2D eigenvalue weighted by Crippen LogP contribution is 2.31. The van der Waals surface area contributed by atoms with Crippen LogP contribution in [0, 0.1) is 0 Å². The Bertz CT molecular complexity index is 331. The first-order valence-corrected chi connectivity index (χ1v) is 6.10. The molecule has 3 nitrogen and oxygen atoms in total. The molecule has 0 saturated carbocycles. The van der Waals surface area contributed by atoms with Gasteiger partial charge >= 0.3 is 0 Å². The molecule has 70 valence electrons. The molecule has 0 amide bonds. The number of fused-ring (bicyclic) bond motifs is 1. The molecular formula is C8H8O3S2. The first-order chi connectivity index (χ1) is 6.29. The highest BCUT2D eigenvalue weighted by molar-refractivity contribution is 7.84. The monoisotopic (exact) mass is 216 g/mol. The molecule has 1 unspecified atom stereocenters. The minimum atomic E-state index is -0.702. The van der Waals surface area contributed by atoms with Crippen LogP contribution in [0.1, 0.15) is 15.3 Å². The minimum absolute atomic E-state index is 0.341. The van der Waals surface area contributed by atoms with E-state index >= 15 is 0 Å². The lowest BCUT2D eigenvalue weighted by atomic mass is 10.3. The highest BCUT2D eigenvalue weighted by Gasteiger charge is 2.20. The van der Waals surface area contributed by atoms with Crippen LogP contribution in [0.3, 0.4) is 0 Å². The normalized spacial score (nSPS) is 19.8. The topological polar surface area (TPSA) is 43.4 Å². The highest BCUT2D eigenvalue weighted by atomic mass is 32.2. The lowest BCUT2D eigenvalue weighted by Crippen LogP contribution is -1.88. The van der Waals surface area contributed by atoms with Gasteiger partial charge in [0.05, 0.1) is 11.5 Å². The summed E-state index contributed by atoms with van der Waals surface area (Å²) in [7, 11) is -0.702. The van der Waals surface area contributed by atoms with Gasteiger partial charge in [-0.25, -0.2) is 0 Å². The van der Waals surface area contributed by atoms with Crippen molar-refractivity contribution in [3.63, 3.8) is 0 Å². The van der Waals surface area contributed by atoms with Crippen molar-refractivity contribution in [3.05, 3.63) is 21.4 Å². The van der Waals surface area contributed by atoms with E-state index in [4.69, 9.17) is 0 Å². The molecule has 0 aromatic carbocycles. The van der Waals surface area contributed by atoms with Crippen LogP contribution in [-0.4, -0.2) is 10.7 Å². The maximum atomic E-state index is 11.1. The summed E-state index contributed by atoms with van der Waals surface area (Å²) in [6.07, 6.45) is 0. The fraction of sp³-hybridized carbons (Fsp3) is 0.375. The average Bonchev–Trinajstić information content (AvgIpc) is 2.57. The van der Waals surface area contributed by atoms with Crippen molar-refractivity contribution in [1.82, 2.24) is 0 Å². The number of carbonyl (C=O) groups excluding carboxylic acids is 1. The van der Waals surface area contributed by atoms with Crippen LogP contribution in [-0.2, 0) is 38.4 Å². The van der Waals surface area contributed by atoms with Crippen LogP contribution in [0.15, 0.2) is 6.07 Å². The minimum Gasteiger partial charge on any atom is -0.462 e. The van der Waals surface area contributed by atoms with Crippen molar-refractivity contribution < 1.29 is 13.7 Å². The Hall–Kier alpha value is -0.680. The summed E-state index contributed by atoms with van der Waals surface area (Å²) in [6.45, 7) is 0.788. The second-order valence-electron chi connectivity index (χ2n) is 2.80. The summed E-state index contributed by atoms with van der Waals surface area (Å²) in [4.78, 5) is 12.2. The summed E-state index contributed by atoms with van der Waals surface area (Å²) in [6, 6.07) is 1.98. The van der Waals surface area contributed by atoms with Gasteiger partial charge in [0, 0.05) is 20.6 Å². The largest absolute Gasteiger partial charge is 0.462 e. The van der Waals surface area contributed by atoms with E-state index in [1.165, 1.54) is 4.88 Å². The number of hydrogen-bond donors (Lipinski definition) is 0. The van der Waals surface area contributed by atoms with Crippen molar-refractivity contribution in [2.75, 3.05) is 0 Å². The molecule has 1 aromatic rings.